The van der Waals surface area contributed by atoms with Gasteiger partial charge in [0.2, 0.25) is 5.91 Å². The van der Waals surface area contributed by atoms with Gasteiger partial charge in [0.05, 0.1) is 0 Å². The van der Waals surface area contributed by atoms with Gasteiger partial charge in [0, 0.05) is 6.42 Å². The van der Waals surface area contributed by atoms with Crippen LogP contribution in [-0.4, -0.2) is 12.5 Å². The van der Waals surface area contributed by atoms with Crippen LogP contribution in [-0.2, 0) is 4.79 Å². The van der Waals surface area contributed by atoms with Crippen molar-refractivity contribution in [3.05, 3.63) is 0 Å². The Morgan fingerprint density at radius 3 is 1.15 bits per heavy atom. The van der Waals surface area contributed by atoms with Crippen molar-refractivity contribution in [2.75, 3.05) is 6.54 Å². The van der Waals surface area contributed by atoms with Crippen molar-refractivity contribution in [1.29, 1.82) is 0 Å². The Hall–Kier alpha value is -0.570. The van der Waals surface area contributed by atoms with E-state index in [1.165, 1.54) is 103 Å². The molecule has 0 spiro atoms. The number of hydrogen-bond acceptors (Lipinski definition) is 2. The van der Waals surface area contributed by atoms with Crippen LogP contribution >= 0.6 is 0 Å². The van der Waals surface area contributed by atoms with Gasteiger partial charge < -0.3 is 11.5 Å². The molecule has 0 aliphatic carbocycles. The molecule has 0 saturated heterocycles. The van der Waals surface area contributed by atoms with Crippen molar-refractivity contribution in [3.63, 3.8) is 0 Å². The van der Waals surface area contributed by atoms with Crippen LogP contribution in [0.5, 0.6) is 0 Å². The SMILES string of the molecule is CCCCCCCCCCC(N)=O.CCCCCCCCCCCCN. The summed E-state index contributed by atoms with van der Waals surface area (Å²) in [5.41, 5.74) is 10.5. The summed E-state index contributed by atoms with van der Waals surface area (Å²) in [6, 6.07) is 0. The Morgan fingerprint density at radius 1 is 0.538 bits per heavy atom. The van der Waals surface area contributed by atoms with Crippen LogP contribution in [0.1, 0.15) is 136 Å². The lowest BCUT2D eigenvalue weighted by molar-refractivity contribution is -0.118. The van der Waals surface area contributed by atoms with Crippen LogP contribution in [0.2, 0.25) is 0 Å². The molecule has 0 fully saturated rings. The van der Waals surface area contributed by atoms with Crippen LogP contribution in [0.25, 0.3) is 0 Å². The minimum atomic E-state index is -0.161. The van der Waals surface area contributed by atoms with Gasteiger partial charge in [0.1, 0.15) is 0 Å². The molecule has 0 aliphatic rings. The molecule has 0 heterocycles. The summed E-state index contributed by atoms with van der Waals surface area (Å²) in [7, 11) is 0. The Labute approximate surface area is 165 Å². The van der Waals surface area contributed by atoms with Gasteiger partial charge in [-0.15, -0.1) is 0 Å². The first-order valence-corrected chi connectivity index (χ1v) is 11.7. The van der Waals surface area contributed by atoms with E-state index in [1.807, 2.05) is 0 Å². The molecule has 3 heteroatoms. The second-order valence-corrected chi connectivity index (χ2v) is 7.66. The second kappa shape index (κ2) is 26.7. The number of amides is 1. The average Bonchev–Trinajstić information content (AvgIpc) is 2.63. The Morgan fingerprint density at radius 2 is 0.846 bits per heavy atom. The van der Waals surface area contributed by atoms with E-state index in [9.17, 15) is 4.79 Å². The van der Waals surface area contributed by atoms with Crippen LogP contribution in [0.15, 0.2) is 0 Å². The highest BCUT2D eigenvalue weighted by Crippen LogP contribution is 2.10. The minimum Gasteiger partial charge on any atom is -0.370 e. The van der Waals surface area contributed by atoms with E-state index in [4.69, 9.17) is 11.5 Å². The summed E-state index contributed by atoms with van der Waals surface area (Å²) < 4.78 is 0. The lowest BCUT2D eigenvalue weighted by Gasteiger charge is -2.00. The number of primary amides is 1. The molecule has 0 atom stereocenters. The highest BCUT2D eigenvalue weighted by atomic mass is 16.1. The molecule has 3 nitrogen and oxygen atoms in total. The standard InChI is InChI=1S/C12H27N.C11H23NO/c1-2-3-4-5-6-7-8-9-10-11-12-13;1-2-3-4-5-6-7-8-9-10-11(12)13/h2-13H2,1H3;2-10H2,1H3,(H2,12,13). The highest BCUT2D eigenvalue weighted by molar-refractivity contribution is 5.73. The lowest BCUT2D eigenvalue weighted by atomic mass is 10.1. The van der Waals surface area contributed by atoms with E-state index in [2.05, 4.69) is 13.8 Å². The lowest BCUT2D eigenvalue weighted by Crippen LogP contribution is -2.09. The van der Waals surface area contributed by atoms with Crippen LogP contribution < -0.4 is 11.5 Å². The van der Waals surface area contributed by atoms with Crippen molar-refractivity contribution >= 4 is 5.91 Å². The molecule has 0 rings (SSSR count). The Bertz CT molecular complexity index is 247. The molecule has 1 amide bonds. The van der Waals surface area contributed by atoms with Crippen molar-refractivity contribution in [3.8, 4) is 0 Å². The molecular formula is C23H50N2O. The Balaban J connectivity index is 0. The quantitative estimate of drug-likeness (QED) is 0.244. The van der Waals surface area contributed by atoms with Crippen molar-refractivity contribution < 1.29 is 4.79 Å². The number of unbranched alkanes of at least 4 members (excludes halogenated alkanes) is 16. The number of rotatable bonds is 19. The zero-order valence-electron chi connectivity index (χ0n) is 18.2. The first-order chi connectivity index (χ1) is 12.7. The zero-order chi connectivity index (χ0) is 19.7. The smallest absolute Gasteiger partial charge is 0.217 e. The van der Waals surface area contributed by atoms with Gasteiger partial charge in [0.15, 0.2) is 0 Å². The number of carbonyl (C=O) groups is 1. The predicted octanol–water partition coefficient (Wildman–Crippen LogP) is 6.87. The number of hydrogen-bond donors (Lipinski definition) is 2. The maximum Gasteiger partial charge on any atom is 0.217 e. The third kappa shape index (κ3) is 31.2. The fourth-order valence-electron chi connectivity index (χ4n) is 3.06. The van der Waals surface area contributed by atoms with Crippen molar-refractivity contribution in [2.24, 2.45) is 11.5 Å². The number of carbonyl (C=O) groups excluding carboxylic acids is 1. The van der Waals surface area contributed by atoms with Crippen LogP contribution in [0.3, 0.4) is 0 Å². The topological polar surface area (TPSA) is 69.1 Å². The second-order valence-electron chi connectivity index (χ2n) is 7.66. The molecule has 0 saturated carbocycles. The molecule has 4 N–H and O–H groups in total. The van der Waals surface area contributed by atoms with E-state index in [-0.39, 0.29) is 5.91 Å². The number of nitrogens with two attached hydrogens (primary N) is 2. The molecule has 0 bridgehead atoms. The summed E-state index contributed by atoms with van der Waals surface area (Å²) in [6.45, 7) is 5.37. The minimum absolute atomic E-state index is 0.161. The Kier molecular flexibility index (Phi) is 28.3. The molecule has 0 aliphatic heterocycles. The van der Waals surface area contributed by atoms with Gasteiger partial charge in [-0.3, -0.25) is 4.79 Å². The third-order valence-corrected chi connectivity index (χ3v) is 4.83. The average molecular weight is 371 g/mol. The summed E-state index contributed by atoms with van der Waals surface area (Å²) >= 11 is 0. The normalized spacial score (nSPS) is 10.4. The highest BCUT2D eigenvalue weighted by Gasteiger charge is 1.94. The summed E-state index contributed by atoms with van der Waals surface area (Å²) in [5, 5.41) is 0. The largest absolute Gasteiger partial charge is 0.370 e. The first kappa shape index (κ1) is 27.6. The van der Waals surface area contributed by atoms with Gasteiger partial charge in [0.25, 0.3) is 0 Å². The summed E-state index contributed by atoms with van der Waals surface area (Å²) in [6.07, 6.45) is 24.6. The van der Waals surface area contributed by atoms with Gasteiger partial charge in [-0.2, -0.15) is 0 Å². The van der Waals surface area contributed by atoms with E-state index < -0.39 is 0 Å². The van der Waals surface area contributed by atoms with Gasteiger partial charge >= 0.3 is 0 Å². The maximum atomic E-state index is 10.4. The monoisotopic (exact) mass is 370 g/mol. The molecule has 0 aromatic rings. The molecular weight excluding hydrogens is 320 g/mol. The first-order valence-electron chi connectivity index (χ1n) is 11.7. The van der Waals surface area contributed by atoms with Crippen LogP contribution in [0.4, 0.5) is 0 Å². The molecule has 0 radical (unpaired) electrons. The van der Waals surface area contributed by atoms with E-state index in [0.29, 0.717) is 6.42 Å². The van der Waals surface area contributed by atoms with E-state index in [0.717, 1.165) is 19.4 Å². The maximum absolute atomic E-state index is 10.4. The van der Waals surface area contributed by atoms with E-state index >= 15 is 0 Å². The predicted molar refractivity (Wildman–Crippen MR) is 117 cm³/mol. The molecule has 0 aromatic heterocycles. The third-order valence-electron chi connectivity index (χ3n) is 4.83. The van der Waals surface area contributed by atoms with Gasteiger partial charge in [-0.25, -0.2) is 0 Å². The molecule has 0 unspecified atom stereocenters. The van der Waals surface area contributed by atoms with Gasteiger partial charge in [-0.1, -0.05) is 117 Å². The van der Waals surface area contributed by atoms with Crippen molar-refractivity contribution in [2.45, 2.75) is 136 Å². The molecule has 0 aromatic carbocycles. The summed E-state index contributed by atoms with van der Waals surface area (Å²) in [4.78, 5) is 10.4. The van der Waals surface area contributed by atoms with Crippen molar-refractivity contribution in [1.82, 2.24) is 0 Å². The molecule has 158 valence electrons. The van der Waals surface area contributed by atoms with Gasteiger partial charge in [-0.05, 0) is 19.4 Å². The molecule has 26 heavy (non-hydrogen) atoms. The van der Waals surface area contributed by atoms with Crippen LogP contribution in [0, 0.1) is 0 Å². The fraction of sp³-hybridized carbons (Fsp3) is 0.957. The fourth-order valence-corrected chi connectivity index (χ4v) is 3.06. The zero-order valence-corrected chi connectivity index (χ0v) is 18.2. The van der Waals surface area contributed by atoms with E-state index in [1.54, 1.807) is 0 Å². The summed E-state index contributed by atoms with van der Waals surface area (Å²) in [5.74, 6) is -0.161.